The van der Waals surface area contributed by atoms with Crippen molar-refractivity contribution < 1.29 is 14.7 Å². The monoisotopic (exact) mass is 346 g/mol. The molecule has 0 aromatic heterocycles. The van der Waals surface area contributed by atoms with Crippen LogP contribution in [0.3, 0.4) is 0 Å². The van der Waals surface area contributed by atoms with E-state index < -0.39 is 0 Å². The van der Waals surface area contributed by atoms with Gasteiger partial charge in [0.15, 0.2) is 12.1 Å². The first-order chi connectivity index (χ1) is 12.8. The molecule has 0 unspecified atom stereocenters. The Morgan fingerprint density at radius 1 is 0.962 bits per heavy atom. The number of ether oxygens (including phenoxy) is 1. The molecular formula is C21H18N2O3. The highest BCUT2D eigenvalue weighted by molar-refractivity contribution is 6.05. The van der Waals surface area contributed by atoms with Gasteiger partial charge in [-0.25, -0.2) is 4.99 Å². The molecule has 130 valence electrons. The highest BCUT2D eigenvalue weighted by Gasteiger charge is 2.08. The third-order valence-corrected chi connectivity index (χ3v) is 3.77. The van der Waals surface area contributed by atoms with Crippen LogP contribution in [0.2, 0.25) is 0 Å². The summed E-state index contributed by atoms with van der Waals surface area (Å²) in [5.74, 6) is 0.922. The van der Waals surface area contributed by atoms with E-state index in [0.29, 0.717) is 23.4 Å². The van der Waals surface area contributed by atoms with E-state index in [0.717, 1.165) is 17.6 Å². The van der Waals surface area contributed by atoms with E-state index in [1.54, 1.807) is 36.4 Å². The van der Waals surface area contributed by atoms with Crippen molar-refractivity contribution in [2.75, 3.05) is 0 Å². The van der Waals surface area contributed by atoms with Crippen molar-refractivity contribution >= 4 is 17.8 Å². The van der Waals surface area contributed by atoms with E-state index in [4.69, 9.17) is 4.74 Å². The molecule has 26 heavy (non-hydrogen) atoms. The molecule has 5 heteroatoms. The van der Waals surface area contributed by atoms with Gasteiger partial charge in [0, 0.05) is 11.1 Å². The number of amidine groups is 1. The highest BCUT2D eigenvalue weighted by Crippen LogP contribution is 2.20. The number of aliphatic imine (C=N–C) groups is 1. The van der Waals surface area contributed by atoms with Crippen LogP contribution in [0.25, 0.3) is 0 Å². The van der Waals surface area contributed by atoms with Crippen LogP contribution in [0.4, 0.5) is 5.69 Å². The van der Waals surface area contributed by atoms with E-state index in [1.165, 1.54) is 0 Å². The summed E-state index contributed by atoms with van der Waals surface area (Å²) in [5.41, 5.74) is 4.74. The van der Waals surface area contributed by atoms with Crippen molar-refractivity contribution in [2.24, 2.45) is 4.99 Å². The molecule has 0 bridgehead atoms. The Balaban J connectivity index is 1.74. The minimum absolute atomic E-state index is 0.200. The topological polar surface area (TPSA) is 70.9 Å². The van der Waals surface area contributed by atoms with Crippen LogP contribution in [0, 0.1) is 0 Å². The van der Waals surface area contributed by atoms with E-state index in [-0.39, 0.29) is 5.84 Å². The fourth-order valence-corrected chi connectivity index (χ4v) is 2.45. The number of rotatable bonds is 6. The number of benzene rings is 3. The molecule has 0 fully saturated rings. The normalized spacial score (nSPS) is 11.0. The molecule has 0 radical (unpaired) electrons. The number of carbonyl (C=O) groups excluding carboxylic acids is 1. The van der Waals surface area contributed by atoms with E-state index in [9.17, 15) is 10.0 Å². The maximum atomic E-state index is 11.2. The van der Waals surface area contributed by atoms with Crippen molar-refractivity contribution in [1.82, 2.24) is 5.48 Å². The van der Waals surface area contributed by atoms with Crippen LogP contribution >= 0.6 is 0 Å². The lowest BCUT2D eigenvalue weighted by Gasteiger charge is -2.09. The zero-order valence-corrected chi connectivity index (χ0v) is 14.0. The summed E-state index contributed by atoms with van der Waals surface area (Å²) in [7, 11) is 0. The van der Waals surface area contributed by atoms with Gasteiger partial charge in [-0.05, 0) is 29.8 Å². The molecule has 3 aromatic carbocycles. The smallest absolute Gasteiger partial charge is 0.158 e. The number of carbonyl (C=O) groups is 1. The standard InChI is InChI=1S/C21H18N2O3/c24-14-17-8-4-5-9-20(17)21(23-25)22-18-10-12-19(13-11-18)26-15-16-6-2-1-3-7-16/h1-14,25H,15H2,(H,22,23). The summed E-state index contributed by atoms with van der Waals surface area (Å²) in [4.78, 5) is 15.5. The van der Waals surface area contributed by atoms with E-state index in [1.807, 2.05) is 42.5 Å². The molecule has 0 spiro atoms. The minimum Gasteiger partial charge on any atom is -0.489 e. The van der Waals surface area contributed by atoms with Gasteiger partial charge < -0.3 is 4.74 Å². The van der Waals surface area contributed by atoms with Gasteiger partial charge in [0.25, 0.3) is 0 Å². The number of hydroxylamine groups is 1. The average Bonchev–Trinajstić information content (AvgIpc) is 2.72. The number of nitrogens with zero attached hydrogens (tertiary/aromatic N) is 1. The summed E-state index contributed by atoms with van der Waals surface area (Å²) in [6.07, 6.45) is 0.725. The lowest BCUT2D eigenvalue weighted by Crippen LogP contribution is -2.21. The van der Waals surface area contributed by atoms with Crippen molar-refractivity contribution in [3.8, 4) is 5.75 Å². The third kappa shape index (κ3) is 4.34. The zero-order valence-electron chi connectivity index (χ0n) is 14.0. The fourth-order valence-electron chi connectivity index (χ4n) is 2.45. The van der Waals surface area contributed by atoms with E-state index in [2.05, 4.69) is 10.5 Å². The van der Waals surface area contributed by atoms with Crippen LogP contribution in [0.1, 0.15) is 21.5 Å². The van der Waals surface area contributed by atoms with Gasteiger partial charge in [-0.3, -0.25) is 15.5 Å². The predicted molar refractivity (Wildman–Crippen MR) is 100 cm³/mol. The van der Waals surface area contributed by atoms with Crippen molar-refractivity contribution in [3.63, 3.8) is 0 Å². The Morgan fingerprint density at radius 2 is 1.65 bits per heavy atom. The molecule has 0 aliphatic heterocycles. The molecule has 3 aromatic rings. The number of aldehydes is 1. The fraction of sp³-hybridized carbons (Fsp3) is 0.0476. The molecule has 0 aliphatic rings. The summed E-state index contributed by atoms with van der Waals surface area (Å²) in [5, 5.41) is 9.40. The molecule has 0 aliphatic carbocycles. The van der Waals surface area contributed by atoms with Gasteiger partial charge in [-0.15, -0.1) is 0 Å². The molecule has 3 rings (SSSR count). The van der Waals surface area contributed by atoms with Gasteiger partial charge in [-0.2, -0.15) is 0 Å². The zero-order chi connectivity index (χ0) is 18.2. The highest BCUT2D eigenvalue weighted by atomic mass is 16.5. The number of nitrogens with one attached hydrogen (secondary N) is 1. The number of hydrogen-bond acceptors (Lipinski definition) is 4. The van der Waals surface area contributed by atoms with Gasteiger partial charge in [0.2, 0.25) is 0 Å². The minimum atomic E-state index is 0.200. The van der Waals surface area contributed by atoms with Crippen molar-refractivity contribution in [1.29, 1.82) is 0 Å². The summed E-state index contributed by atoms with van der Waals surface area (Å²) in [6.45, 7) is 0.486. The van der Waals surface area contributed by atoms with Crippen molar-refractivity contribution in [3.05, 3.63) is 95.6 Å². The van der Waals surface area contributed by atoms with Gasteiger partial charge >= 0.3 is 0 Å². The second-order valence-electron chi connectivity index (χ2n) is 5.55. The number of hydrogen-bond donors (Lipinski definition) is 2. The summed E-state index contributed by atoms with van der Waals surface area (Å²) < 4.78 is 5.74. The summed E-state index contributed by atoms with van der Waals surface area (Å²) in [6, 6.07) is 24.0. The largest absolute Gasteiger partial charge is 0.489 e. The second-order valence-corrected chi connectivity index (χ2v) is 5.55. The predicted octanol–water partition coefficient (Wildman–Crippen LogP) is 4.14. The Labute approximate surface area is 151 Å². The maximum Gasteiger partial charge on any atom is 0.158 e. The van der Waals surface area contributed by atoms with Gasteiger partial charge in [-0.1, -0.05) is 54.6 Å². The third-order valence-electron chi connectivity index (χ3n) is 3.77. The molecule has 0 heterocycles. The first kappa shape index (κ1) is 17.4. The van der Waals surface area contributed by atoms with Crippen LogP contribution in [-0.2, 0) is 6.61 Å². The van der Waals surface area contributed by atoms with Crippen LogP contribution in [-0.4, -0.2) is 17.3 Å². The Morgan fingerprint density at radius 3 is 2.35 bits per heavy atom. The van der Waals surface area contributed by atoms with Crippen LogP contribution in [0.15, 0.2) is 83.9 Å². The Hall–Kier alpha value is -3.44. The average molecular weight is 346 g/mol. The molecular weight excluding hydrogens is 328 g/mol. The Kier molecular flexibility index (Phi) is 5.75. The maximum absolute atomic E-state index is 11.2. The Bertz CT molecular complexity index is 891. The molecule has 0 saturated carbocycles. The van der Waals surface area contributed by atoms with E-state index >= 15 is 0 Å². The molecule has 0 saturated heterocycles. The van der Waals surface area contributed by atoms with Crippen LogP contribution < -0.4 is 10.2 Å². The van der Waals surface area contributed by atoms with Crippen LogP contribution in [0.5, 0.6) is 5.75 Å². The SMILES string of the molecule is O=Cc1ccccc1C(=Nc1ccc(OCc2ccccc2)cc1)NO. The lowest BCUT2D eigenvalue weighted by atomic mass is 10.1. The molecule has 5 nitrogen and oxygen atoms in total. The lowest BCUT2D eigenvalue weighted by molar-refractivity contribution is 0.112. The molecule has 2 N–H and O–H groups in total. The van der Waals surface area contributed by atoms with Gasteiger partial charge in [0.1, 0.15) is 12.4 Å². The van der Waals surface area contributed by atoms with Gasteiger partial charge in [0.05, 0.1) is 5.69 Å². The molecule has 0 amide bonds. The summed E-state index contributed by atoms with van der Waals surface area (Å²) >= 11 is 0. The quantitative estimate of drug-likeness (QED) is 0.305. The second kappa shape index (κ2) is 8.60. The first-order valence-electron chi connectivity index (χ1n) is 8.10. The van der Waals surface area contributed by atoms with Crippen molar-refractivity contribution in [2.45, 2.75) is 6.61 Å². The first-order valence-corrected chi connectivity index (χ1v) is 8.10. The molecule has 0 atom stereocenters.